The Hall–Kier alpha value is -3.06. The minimum absolute atomic E-state index is 0.0962. The van der Waals surface area contributed by atoms with E-state index < -0.39 is 7.94 Å². The fourth-order valence-corrected chi connectivity index (χ4v) is 5.07. The summed E-state index contributed by atoms with van der Waals surface area (Å²) < 4.78 is 14.0. The average molecular weight is 546 g/mol. The Morgan fingerprint density at radius 3 is 2.86 bits per heavy atom. The molecule has 0 aromatic carbocycles. The Labute approximate surface area is 217 Å². The van der Waals surface area contributed by atoms with Crippen molar-refractivity contribution in [3.63, 3.8) is 0 Å². The summed E-state index contributed by atoms with van der Waals surface area (Å²) >= 11 is 1.30. The summed E-state index contributed by atoms with van der Waals surface area (Å²) in [6, 6.07) is 5.76. The van der Waals surface area contributed by atoms with E-state index in [2.05, 4.69) is 20.4 Å². The molecule has 1 saturated carbocycles. The molecule has 5 rings (SSSR count). The van der Waals surface area contributed by atoms with Gasteiger partial charge >= 0.3 is 129 Å². The van der Waals surface area contributed by atoms with Gasteiger partial charge in [-0.25, -0.2) is 0 Å². The Bertz CT molecular complexity index is 1360. The molecular formula is C23H28N7O5PS. The zero-order chi connectivity index (χ0) is 26.0. The summed E-state index contributed by atoms with van der Waals surface area (Å²) in [5.74, 6) is -0.363. The standard InChI is InChI=1S/C23H28N7O5PS/c1-3-34-17-8-16(9-17)30-12-19(21(28-30)18-6-4-5-7-24-18)26-22(31)20-13-37-23(27-20)15-10-25-29(11-15)14-35-36(2,32)33/h4-7,10-13,16-17,32-33,36H,3,8-9,14H2,1-2H3,(H,26,31). The molecule has 4 heterocycles. The van der Waals surface area contributed by atoms with Crippen LogP contribution in [0.2, 0.25) is 0 Å². The quantitative estimate of drug-likeness (QED) is 0.255. The Morgan fingerprint density at radius 1 is 1.30 bits per heavy atom. The Morgan fingerprint density at radius 2 is 2.14 bits per heavy atom. The molecule has 1 amide bonds. The molecule has 0 radical (unpaired) electrons. The fraction of sp³-hybridized carbons (Fsp3) is 0.348. The zero-order valence-corrected chi connectivity index (χ0v) is 22.1. The minimum atomic E-state index is -3.64. The van der Waals surface area contributed by atoms with E-state index in [-0.39, 0.29) is 30.5 Å². The third kappa shape index (κ3) is 6.09. The van der Waals surface area contributed by atoms with Gasteiger partial charge in [-0.3, -0.25) is 9.67 Å². The van der Waals surface area contributed by atoms with Crippen molar-refractivity contribution in [1.82, 2.24) is 29.5 Å². The number of thiazole rings is 1. The number of hydrogen-bond acceptors (Lipinski definition) is 10. The third-order valence-corrected chi connectivity index (χ3v) is 7.39. The first-order valence-electron chi connectivity index (χ1n) is 11.8. The van der Waals surface area contributed by atoms with Gasteiger partial charge in [0.25, 0.3) is 0 Å². The van der Waals surface area contributed by atoms with Gasteiger partial charge in [0.15, 0.2) is 0 Å². The number of hydrogen-bond donors (Lipinski definition) is 3. The average Bonchev–Trinajstić information content (AvgIpc) is 3.59. The van der Waals surface area contributed by atoms with Crippen LogP contribution in [0.5, 0.6) is 0 Å². The first kappa shape index (κ1) is 25.6. The van der Waals surface area contributed by atoms with Gasteiger partial charge in [0.05, 0.1) is 17.8 Å². The van der Waals surface area contributed by atoms with E-state index in [1.165, 1.54) is 22.7 Å². The Kier molecular flexibility index (Phi) is 7.43. The van der Waals surface area contributed by atoms with E-state index in [4.69, 9.17) is 14.4 Å². The van der Waals surface area contributed by atoms with Crippen molar-refractivity contribution in [2.75, 3.05) is 18.6 Å². The smallest absolute Gasteiger partial charge is 0.254 e. The molecule has 0 saturated heterocycles. The first-order chi connectivity index (χ1) is 17.8. The predicted molar refractivity (Wildman–Crippen MR) is 140 cm³/mol. The van der Waals surface area contributed by atoms with Crippen LogP contribution in [0, 0.1) is 0 Å². The van der Waals surface area contributed by atoms with Crippen molar-refractivity contribution in [3.8, 4) is 22.0 Å². The molecule has 0 atom stereocenters. The number of carbonyl (C=O) groups is 1. The number of carbonyl (C=O) groups excluding carboxylic acids is 1. The molecule has 1 aliphatic carbocycles. The van der Waals surface area contributed by atoms with Crippen LogP contribution in [0.25, 0.3) is 22.0 Å². The second-order valence-corrected chi connectivity index (χ2v) is 11.8. The van der Waals surface area contributed by atoms with Gasteiger partial charge < -0.3 is 4.74 Å². The molecule has 4 aromatic heterocycles. The van der Waals surface area contributed by atoms with Crippen molar-refractivity contribution >= 4 is 30.9 Å². The number of ether oxygens (including phenoxy) is 1. The van der Waals surface area contributed by atoms with Gasteiger partial charge in [-0.2, -0.15) is 5.10 Å². The second-order valence-electron chi connectivity index (χ2n) is 8.76. The van der Waals surface area contributed by atoms with Crippen LogP contribution in [0.4, 0.5) is 5.69 Å². The molecule has 37 heavy (non-hydrogen) atoms. The van der Waals surface area contributed by atoms with Crippen LogP contribution in [0.1, 0.15) is 36.3 Å². The van der Waals surface area contributed by atoms with Crippen LogP contribution in [-0.4, -0.2) is 64.6 Å². The van der Waals surface area contributed by atoms with E-state index in [1.807, 2.05) is 36.0 Å². The molecule has 0 spiro atoms. The molecule has 14 heteroatoms. The number of rotatable bonds is 10. The monoisotopic (exact) mass is 545 g/mol. The van der Waals surface area contributed by atoms with E-state index in [0.717, 1.165) is 12.8 Å². The topological polar surface area (TPSA) is 149 Å². The van der Waals surface area contributed by atoms with Gasteiger partial charge in [0, 0.05) is 12.8 Å². The van der Waals surface area contributed by atoms with Crippen LogP contribution >= 0.6 is 19.3 Å². The summed E-state index contributed by atoms with van der Waals surface area (Å²) in [7, 11) is -3.64. The van der Waals surface area contributed by atoms with E-state index in [0.29, 0.717) is 34.3 Å². The molecule has 4 aromatic rings. The summed E-state index contributed by atoms with van der Waals surface area (Å²) in [6.07, 6.45) is 8.75. The third-order valence-electron chi connectivity index (χ3n) is 5.82. The normalized spacial score (nSPS) is 17.9. The predicted octanol–water partition coefficient (Wildman–Crippen LogP) is 3.34. The molecule has 1 fully saturated rings. The van der Waals surface area contributed by atoms with Gasteiger partial charge in [-0.1, -0.05) is 6.07 Å². The molecule has 12 nitrogen and oxygen atoms in total. The van der Waals surface area contributed by atoms with Crippen LogP contribution < -0.4 is 5.32 Å². The molecular weight excluding hydrogens is 517 g/mol. The number of pyridine rings is 1. The van der Waals surface area contributed by atoms with Crippen molar-refractivity contribution in [3.05, 3.63) is 54.1 Å². The van der Waals surface area contributed by atoms with E-state index in [9.17, 15) is 14.6 Å². The SMILES string of the molecule is CCOC1CC(n2cc(NC(=O)c3csc(-c4cnn(CO[PH](C)(O)O)c4)n3)c(-c3ccccn3)n2)C1. The van der Waals surface area contributed by atoms with Crippen LogP contribution in [-0.2, 0) is 16.0 Å². The minimum Gasteiger partial charge on any atom is -0.254 e. The van der Waals surface area contributed by atoms with Crippen molar-refractivity contribution in [2.45, 2.75) is 38.6 Å². The van der Waals surface area contributed by atoms with Gasteiger partial charge in [-0.15, -0.1) is 0 Å². The van der Waals surface area contributed by atoms with Gasteiger partial charge in [0.1, 0.15) is 0 Å². The molecule has 3 N–H and O–H groups in total. The summed E-state index contributed by atoms with van der Waals surface area (Å²) in [6.45, 7) is 3.83. The zero-order valence-electron chi connectivity index (χ0n) is 20.3. The second kappa shape index (κ2) is 10.7. The number of nitrogens with one attached hydrogen (secondary N) is 1. The summed E-state index contributed by atoms with van der Waals surface area (Å²) in [5, 5.41) is 14.1. The van der Waals surface area contributed by atoms with Gasteiger partial charge in [0.2, 0.25) is 0 Å². The molecule has 0 bridgehead atoms. The van der Waals surface area contributed by atoms with E-state index in [1.54, 1.807) is 24.0 Å². The maximum absolute atomic E-state index is 13.1. The van der Waals surface area contributed by atoms with Crippen LogP contribution in [0.15, 0.2) is 48.4 Å². The van der Waals surface area contributed by atoms with Crippen LogP contribution in [0.3, 0.4) is 0 Å². The number of amides is 1. The summed E-state index contributed by atoms with van der Waals surface area (Å²) in [4.78, 5) is 40.8. The van der Waals surface area contributed by atoms with Gasteiger partial charge in [-0.05, 0) is 31.9 Å². The van der Waals surface area contributed by atoms with E-state index >= 15 is 0 Å². The fourth-order valence-electron chi connectivity index (χ4n) is 3.92. The number of nitrogens with zero attached hydrogens (tertiary/aromatic N) is 6. The Balaban J connectivity index is 1.31. The molecule has 0 unspecified atom stereocenters. The molecule has 0 aliphatic heterocycles. The number of anilines is 1. The van der Waals surface area contributed by atoms with Crippen molar-refractivity contribution in [2.24, 2.45) is 0 Å². The summed E-state index contributed by atoms with van der Waals surface area (Å²) in [5.41, 5.74) is 2.75. The maximum atomic E-state index is 13.1. The molecule has 196 valence electrons. The molecule has 1 aliphatic rings. The number of aromatic nitrogens is 6. The first-order valence-corrected chi connectivity index (χ1v) is 15.0. The van der Waals surface area contributed by atoms with Crippen molar-refractivity contribution in [1.29, 1.82) is 0 Å². The van der Waals surface area contributed by atoms with Crippen molar-refractivity contribution < 1.29 is 23.8 Å².